The van der Waals surface area contributed by atoms with Gasteiger partial charge in [-0.3, -0.25) is 14.4 Å². The minimum absolute atomic E-state index is 0.145. The molecule has 0 saturated carbocycles. The second kappa shape index (κ2) is 8.90. The Hall–Kier alpha value is -3.48. The predicted molar refractivity (Wildman–Crippen MR) is 112 cm³/mol. The molecule has 30 heavy (non-hydrogen) atoms. The first kappa shape index (κ1) is 19.8. The van der Waals surface area contributed by atoms with Gasteiger partial charge in [-0.15, -0.1) is 0 Å². The van der Waals surface area contributed by atoms with Crippen LogP contribution in [0.2, 0.25) is 0 Å². The van der Waals surface area contributed by atoms with Crippen LogP contribution < -0.4 is 5.56 Å². The summed E-state index contributed by atoms with van der Waals surface area (Å²) >= 11 is 0. The number of esters is 1. The molecule has 4 rings (SSSR count). The molecule has 7 heteroatoms. The molecular weight excluding hydrogens is 382 g/mol. The number of H-pyrrole nitrogens is 1. The molecule has 1 N–H and O–H groups in total. The van der Waals surface area contributed by atoms with Gasteiger partial charge in [0.1, 0.15) is 0 Å². The van der Waals surface area contributed by atoms with Crippen LogP contribution in [0.3, 0.4) is 0 Å². The van der Waals surface area contributed by atoms with Crippen molar-refractivity contribution in [2.45, 2.75) is 31.8 Å². The number of ether oxygens (including phenoxy) is 1. The number of benzene rings is 2. The molecule has 0 unspecified atom stereocenters. The van der Waals surface area contributed by atoms with Crippen LogP contribution in [0, 0.1) is 0 Å². The van der Waals surface area contributed by atoms with Crippen LogP contribution in [0.4, 0.5) is 0 Å². The fourth-order valence-corrected chi connectivity index (χ4v) is 3.79. The molecule has 2 aromatic carbocycles. The van der Waals surface area contributed by atoms with E-state index in [1.807, 2.05) is 18.2 Å². The van der Waals surface area contributed by atoms with Crippen molar-refractivity contribution in [1.29, 1.82) is 0 Å². The van der Waals surface area contributed by atoms with Crippen molar-refractivity contribution in [1.82, 2.24) is 15.1 Å². The third kappa shape index (κ3) is 4.25. The first-order valence-electron chi connectivity index (χ1n) is 10.1. The Morgan fingerprint density at radius 3 is 2.37 bits per heavy atom. The van der Waals surface area contributed by atoms with Gasteiger partial charge in [0, 0.05) is 24.0 Å². The van der Waals surface area contributed by atoms with Crippen LogP contribution in [0.25, 0.3) is 10.8 Å². The summed E-state index contributed by atoms with van der Waals surface area (Å²) in [7, 11) is 0. The summed E-state index contributed by atoms with van der Waals surface area (Å²) in [6.45, 7) is 1.34. The topological polar surface area (TPSA) is 92.4 Å². The van der Waals surface area contributed by atoms with E-state index in [-0.39, 0.29) is 17.9 Å². The molecule has 7 nitrogen and oxygen atoms in total. The average molecular weight is 405 g/mol. The zero-order chi connectivity index (χ0) is 20.9. The maximum Gasteiger partial charge on any atom is 0.313 e. The Balaban J connectivity index is 1.57. The highest BCUT2D eigenvalue weighted by Gasteiger charge is 2.30. The number of likely N-dealkylation sites (tertiary alicyclic amines) is 1. The van der Waals surface area contributed by atoms with Crippen LogP contribution >= 0.6 is 0 Å². The molecule has 154 valence electrons. The standard InChI is InChI=1S/C23H23N3O4/c27-20(15-19-17-11-5-6-12-18(17)22(28)25-24-19)30-21(16-9-3-1-4-10-16)23(29)26-13-7-2-8-14-26/h1,3-6,9-12,21H,2,7-8,13-15H2,(H,25,28)/t21-/m0/s1. The van der Waals surface area contributed by atoms with E-state index in [1.54, 1.807) is 41.3 Å². The van der Waals surface area contributed by atoms with Gasteiger partial charge in [-0.1, -0.05) is 48.5 Å². The number of amides is 1. The van der Waals surface area contributed by atoms with E-state index in [2.05, 4.69) is 10.2 Å². The number of nitrogens with zero attached hydrogens (tertiary/aromatic N) is 2. The zero-order valence-electron chi connectivity index (χ0n) is 16.5. The molecular formula is C23H23N3O4. The zero-order valence-corrected chi connectivity index (χ0v) is 16.5. The van der Waals surface area contributed by atoms with Gasteiger partial charge in [-0.05, 0) is 25.3 Å². The Morgan fingerprint density at radius 2 is 1.63 bits per heavy atom. The summed E-state index contributed by atoms with van der Waals surface area (Å²) in [6, 6.07) is 16.0. The van der Waals surface area contributed by atoms with Gasteiger partial charge in [-0.2, -0.15) is 5.10 Å². The van der Waals surface area contributed by atoms with E-state index in [4.69, 9.17) is 4.74 Å². The van der Waals surface area contributed by atoms with Gasteiger partial charge < -0.3 is 9.64 Å². The van der Waals surface area contributed by atoms with Gasteiger partial charge in [0.2, 0.25) is 6.10 Å². The number of hydrogen-bond donors (Lipinski definition) is 1. The lowest BCUT2D eigenvalue weighted by Gasteiger charge is -2.30. The lowest BCUT2D eigenvalue weighted by atomic mass is 10.1. The summed E-state index contributed by atoms with van der Waals surface area (Å²) in [5.41, 5.74) is 0.735. The van der Waals surface area contributed by atoms with Crippen LogP contribution in [0.1, 0.15) is 36.6 Å². The Bertz CT molecular complexity index is 1100. The van der Waals surface area contributed by atoms with Crippen LogP contribution in [-0.4, -0.2) is 40.1 Å². The van der Waals surface area contributed by atoms with E-state index in [1.165, 1.54) is 0 Å². The number of fused-ring (bicyclic) bond motifs is 1. The molecule has 1 fully saturated rings. The van der Waals surface area contributed by atoms with Crippen molar-refractivity contribution in [3.8, 4) is 0 Å². The number of piperidine rings is 1. The number of rotatable bonds is 5. The molecule has 3 aromatic rings. The first-order valence-corrected chi connectivity index (χ1v) is 10.1. The van der Waals surface area contributed by atoms with Crippen LogP contribution in [-0.2, 0) is 20.7 Å². The molecule has 1 aliphatic rings. The predicted octanol–water partition coefficient (Wildman–Crippen LogP) is 2.76. The molecule has 1 aromatic heterocycles. The highest BCUT2D eigenvalue weighted by Crippen LogP contribution is 2.24. The van der Waals surface area contributed by atoms with Crippen molar-refractivity contribution < 1.29 is 14.3 Å². The summed E-state index contributed by atoms with van der Waals surface area (Å²) in [4.78, 5) is 39.6. The fourth-order valence-electron chi connectivity index (χ4n) is 3.79. The number of aromatic amines is 1. The van der Waals surface area contributed by atoms with Crippen molar-refractivity contribution >= 4 is 22.6 Å². The van der Waals surface area contributed by atoms with Crippen LogP contribution in [0.5, 0.6) is 0 Å². The van der Waals surface area contributed by atoms with Gasteiger partial charge in [0.05, 0.1) is 17.5 Å². The third-order valence-electron chi connectivity index (χ3n) is 5.33. The van der Waals surface area contributed by atoms with Crippen molar-refractivity contribution in [3.05, 3.63) is 76.2 Å². The summed E-state index contributed by atoms with van der Waals surface area (Å²) in [5, 5.41) is 7.50. The Morgan fingerprint density at radius 1 is 0.967 bits per heavy atom. The lowest BCUT2D eigenvalue weighted by molar-refractivity contribution is -0.161. The number of carbonyl (C=O) groups is 2. The first-order chi connectivity index (χ1) is 14.6. The van der Waals surface area contributed by atoms with Crippen LogP contribution in [0.15, 0.2) is 59.4 Å². The largest absolute Gasteiger partial charge is 0.447 e. The average Bonchev–Trinajstić information content (AvgIpc) is 2.80. The smallest absolute Gasteiger partial charge is 0.313 e. The third-order valence-corrected chi connectivity index (χ3v) is 5.33. The molecule has 1 saturated heterocycles. The number of nitrogens with one attached hydrogen (secondary N) is 1. The second-order valence-corrected chi connectivity index (χ2v) is 7.39. The van der Waals surface area contributed by atoms with Gasteiger partial charge >= 0.3 is 5.97 Å². The summed E-state index contributed by atoms with van der Waals surface area (Å²) in [5.74, 6) is -0.771. The number of hydrogen-bond acceptors (Lipinski definition) is 5. The van der Waals surface area contributed by atoms with Gasteiger partial charge in [0.25, 0.3) is 11.5 Å². The van der Waals surface area contributed by atoms with Crippen molar-refractivity contribution in [2.24, 2.45) is 0 Å². The molecule has 2 heterocycles. The van der Waals surface area contributed by atoms with Crippen molar-refractivity contribution in [3.63, 3.8) is 0 Å². The molecule has 0 radical (unpaired) electrons. The van der Waals surface area contributed by atoms with Gasteiger partial charge in [-0.25, -0.2) is 5.10 Å². The Kier molecular flexibility index (Phi) is 5.88. The second-order valence-electron chi connectivity index (χ2n) is 7.39. The molecule has 0 bridgehead atoms. The fraction of sp³-hybridized carbons (Fsp3) is 0.304. The van der Waals surface area contributed by atoms with E-state index >= 15 is 0 Å². The minimum Gasteiger partial charge on any atom is -0.447 e. The quantitative estimate of drug-likeness (QED) is 0.659. The SMILES string of the molecule is O=C(Cc1n[nH]c(=O)c2ccccc12)O[C@H](C(=O)N1CCCCC1)c1ccccc1. The highest BCUT2D eigenvalue weighted by molar-refractivity contribution is 5.89. The lowest BCUT2D eigenvalue weighted by Crippen LogP contribution is -2.40. The van der Waals surface area contributed by atoms with Crippen molar-refractivity contribution in [2.75, 3.05) is 13.1 Å². The summed E-state index contributed by atoms with van der Waals surface area (Å²) in [6.07, 6.45) is 1.87. The van der Waals surface area contributed by atoms with E-state index < -0.39 is 12.1 Å². The minimum atomic E-state index is -0.995. The number of carbonyl (C=O) groups excluding carboxylic acids is 2. The monoisotopic (exact) mass is 405 g/mol. The maximum absolute atomic E-state index is 13.1. The van der Waals surface area contributed by atoms with E-state index in [0.29, 0.717) is 35.1 Å². The van der Waals surface area contributed by atoms with E-state index in [0.717, 1.165) is 19.3 Å². The maximum atomic E-state index is 13.1. The molecule has 0 spiro atoms. The highest BCUT2D eigenvalue weighted by atomic mass is 16.5. The number of aromatic nitrogens is 2. The molecule has 0 aliphatic carbocycles. The summed E-state index contributed by atoms with van der Waals surface area (Å²) < 4.78 is 5.67. The molecule has 1 atom stereocenters. The Labute approximate surface area is 173 Å². The molecule has 1 aliphatic heterocycles. The molecule has 1 amide bonds. The normalized spacial score (nSPS) is 15.0. The van der Waals surface area contributed by atoms with Gasteiger partial charge in [0.15, 0.2) is 0 Å². The van der Waals surface area contributed by atoms with E-state index in [9.17, 15) is 14.4 Å².